The summed E-state index contributed by atoms with van der Waals surface area (Å²) in [5.41, 5.74) is 4.10. The maximum absolute atomic E-state index is 13.9. The average Bonchev–Trinajstić information content (AvgIpc) is 2.98. The van der Waals surface area contributed by atoms with Crippen LogP contribution < -0.4 is 5.32 Å². The number of Topliss-reactive ketones (excluding diaryl/α,β-unsaturated/α-hetero) is 1. The van der Waals surface area contributed by atoms with Crippen LogP contribution >= 0.6 is 0 Å². The van der Waals surface area contributed by atoms with Crippen LogP contribution in [-0.4, -0.2) is 26.5 Å². The first-order valence-corrected chi connectivity index (χ1v) is 14.7. The zero-order valence-electron chi connectivity index (χ0n) is 20.8. The van der Waals surface area contributed by atoms with Gasteiger partial charge in [0, 0.05) is 12.5 Å². The van der Waals surface area contributed by atoms with Crippen molar-refractivity contribution >= 4 is 13.9 Å². The van der Waals surface area contributed by atoms with Gasteiger partial charge in [0.2, 0.25) is 5.78 Å². The van der Waals surface area contributed by atoms with Gasteiger partial charge in [0.1, 0.15) is 0 Å². The van der Waals surface area contributed by atoms with Gasteiger partial charge in [-0.3, -0.25) is 10.1 Å². The van der Waals surface area contributed by atoms with Gasteiger partial charge in [-0.2, -0.15) is 0 Å². The number of ketones is 1. The SMILES string of the molecule is COC1=C(C[Si](C(C)C)(C(C)C)C(C)C)[C@H]2CCCC[C@@]2(NCc2ccccc2)C1=O. The number of ether oxygens (including phenoxy) is 1. The molecule has 1 N–H and O–H groups in total. The first-order valence-electron chi connectivity index (χ1n) is 12.3. The predicted molar refractivity (Wildman–Crippen MR) is 133 cm³/mol. The fraction of sp³-hybridized carbons (Fsp3) is 0.667. The van der Waals surface area contributed by atoms with Crippen molar-refractivity contribution in [2.45, 2.75) is 102 Å². The second-order valence-corrected chi connectivity index (χ2v) is 16.8. The third kappa shape index (κ3) is 4.18. The van der Waals surface area contributed by atoms with E-state index in [2.05, 4.69) is 71.1 Å². The molecule has 3 rings (SSSR count). The van der Waals surface area contributed by atoms with E-state index in [9.17, 15) is 4.79 Å². The summed E-state index contributed by atoms with van der Waals surface area (Å²) in [6, 6.07) is 11.6. The Bertz CT molecular complexity index is 777. The molecule has 0 bridgehead atoms. The van der Waals surface area contributed by atoms with Gasteiger partial charge < -0.3 is 4.74 Å². The molecule has 0 unspecified atom stereocenters. The number of carbonyl (C=O) groups excluding carboxylic acids is 1. The van der Waals surface area contributed by atoms with Crippen LogP contribution in [0.2, 0.25) is 22.7 Å². The highest BCUT2D eigenvalue weighted by molar-refractivity contribution is 6.84. The largest absolute Gasteiger partial charge is 0.493 e. The second kappa shape index (κ2) is 9.62. The molecule has 0 aromatic heterocycles. The minimum Gasteiger partial charge on any atom is -0.493 e. The molecule has 0 heterocycles. The van der Waals surface area contributed by atoms with Crippen molar-refractivity contribution in [3.8, 4) is 0 Å². The monoisotopic (exact) mass is 441 g/mol. The van der Waals surface area contributed by atoms with Crippen LogP contribution in [0.25, 0.3) is 0 Å². The van der Waals surface area contributed by atoms with Gasteiger partial charge in [-0.15, -0.1) is 0 Å². The number of hydrogen-bond acceptors (Lipinski definition) is 3. The van der Waals surface area contributed by atoms with Gasteiger partial charge in [0.15, 0.2) is 5.76 Å². The van der Waals surface area contributed by atoms with E-state index in [1.165, 1.54) is 17.6 Å². The maximum atomic E-state index is 13.9. The number of fused-ring (bicyclic) bond motifs is 1. The Kier molecular flexibility index (Phi) is 7.53. The Morgan fingerprint density at radius 1 is 1.03 bits per heavy atom. The Balaban J connectivity index is 2.00. The first kappa shape index (κ1) is 24.3. The van der Waals surface area contributed by atoms with Crippen LogP contribution in [0.4, 0.5) is 0 Å². The third-order valence-electron chi connectivity index (χ3n) is 8.61. The van der Waals surface area contributed by atoms with Gasteiger partial charge in [-0.05, 0) is 30.0 Å². The standard InChI is InChI=1S/C27H43NO2Si/c1-19(2)31(20(3)4,21(5)6)18-23-24-15-11-12-16-27(24,26(29)25(23)30-7)28-17-22-13-9-8-10-14-22/h8-10,13-14,19-21,24,28H,11-12,15-18H2,1-7H3/t24-,27+/m1/s1. The molecule has 1 aromatic carbocycles. The molecule has 1 fully saturated rings. The zero-order valence-corrected chi connectivity index (χ0v) is 21.8. The van der Waals surface area contributed by atoms with Gasteiger partial charge in [0.05, 0.1) is 20.7 Å². The third-order valence-corrected chi connectivity index (χ3v) is 16.1. The van der Waals surface area contributed by atoms with Crippen LogP contribution in [0.3, 0.4) is 0 Å². The Hall–Kier alpha value is -1.39. The smallest absolute Gasteiger partial charge is 0.217 e. The molecular formula is C27H43NO2Si. The summed E-state index contributed by atoms with van der Waals surface area (Å²) in [6.45, 7) is 15.2. The number of benzene rings is 1. The van der Waals surface area contributed by atoms with Crippen LogP contribution in [0.1, 0.15) is 72.8 Å². The molecule has 0 radical (unpaired) electrons. The number of carbonyl (C=O) groups is 1. The molecule has 1 aromatic rings. The highest BCUT2D eigenvalue weighted by atomic mass is 28.3. The van der Waals surface area contributed by atoms with Crippen molar-refractivity contribution in [2.24, 2.45) is 5.92 Å². The first-order chi connectivity index (χ1) is 14.7. The van der Waals surface area contributed by atoms with Gasteiger partial charge in [0.25, 0.3) is 0 Å². The fourth-order valence-electron chi connectivity index (χ4n) is 6.94. The summed E-state index contributed by atoms with van der Waals surface area (Å²) >= 11 is 0. The fourth-order valence-corrected chi connectivity index (χ4v) is 13.2. The maximum Gasteiger partial charge on any atom is 0.217 e. The summed E-state index contributed by atoms with van der Waals surface area (Å²) in [6.07, 6.45) is 4.32. The van der Waals surface area contributed by atoms with Crippen molar-refractivity contribution in [3.63, 3.8) is 0 Å². The zero-order chi connectivity index (χ0) is 22.8. The van der Waals surface area contributed by atoms with Gasteiger partial charge in [-0.1, -0.05) is 101 Å². The minimum absolute atomic E-state index is 0.213. The molecule has 4 heteroatoms. The number of hydrogen-bond donors (Lipinski definition) is 1. The van der Waals surface area contributed by atoms with E-state index >= 15 is 0 Å². The lowest BCUT2D eigenvalue weighted by molar-refractivity contribution is -0.125. The molecule has 2 aliphatic carbocycles. The van der Waals surface area contributed by atoms with Crippen LogP contribution in [0.15, 0.2) is 41.7 Å². The quantitative estimate of drug-likeness (QED) is 0.425. The highest BCUT2D eigenvalue weighted by Gasteiger charge is 2.57. The summed E-state index contributed by atoms with van der Waals surface area (Å²) in [4.78, 5) is 13.9. The van der Waals surface area contributed by atoms with E-state index in [4.69, 9.17) is 4.74 Å². The lowest BCUT2D eigenvalue weighted by Gasteiger charge is -2.46. The summed E-state index contributed by atoms with van der Waals surface area (Å²) in [5, 5.41) is 3.78. The molecule has 2 atom stereocenters. The van der Waals surface area contributed by atoms with Crippen LogP contribution in [-0.2, 0) is 16.1 Å². The van der Waals surface area contributed by atoms with Gasteiger partial charge >= 0.3 is 0 Å². The molecule has 0 spiro atoms. The Morgan fingerprint density at radius 3 is 2.19 bits per heavy atom. The molecular weight excluding hydrogens is 398 g/mol. The lowest BCUT2D eigenvalue weighted by atomic mass is 9.72. The number of methoxy groups -OCH3 is 1. The average molecular weight is 442 g/mol. The summed E-state index contributed by atoms with van der Waals surface area (Å²) < 4.78 is 5.90. The summed E-state index contributed by atoms with van der Waals surface area (Å²) in [5.74, 6) is 1.17. The Labute approximate surface area is 191 Å². The topological polar surface area (TPSA) is 38.3 Å². The lowest BCUT2D eigenvalue weighted by Crippen LogP contribution is -2.56. The molecule has 2 aliphatic rings. The molecule has 0 saturated heterocycles. The molecule has 0 amide bonds. The van der Waals surface area contributed by atoms with Crippen molar-refractivity contribution in [1.82, 2.24) is 5.32 Å². The van der Waals surface area contributed by atoms with Crippen molar-refractivity contribution < 1.29 is 9.53 Å². The highest BCUT2D eigenvalue weighted by Crippen LogP contribution is 2.54. The molecule has 1 saturated carbocycles. The summed E-state index contributed by atoms with van der Waals surface area (Å²) in [7, 11) is 0.0129. The van der Waals surface area contributed by atoms with E-state index in [1.807, 2.05) is 6.07 Å². The molecule has 172 valence electrons. The predicted octanol–water partition coefficient (Wildman–Crippen LogP) is 6.87. The minimum atomic E-state index is -1.69. The van der Waals surface area contributed by atoms with Crippen LogP contribution in [0, 0.1) is 5.92 Å². The number of nitrogens with one attached hydrogen (secondary N) is 1. The number of rotatable bonds is 9. The normalized spacial score (nSPS) is 24.5. The van der Waals surface area contributed by atoms with Crippen LogP contribution in [0.5, 0.6) is 0 Å². The van der Waals surface area contributed by atoms with Gasteiger partial charge in [-0.25, -0.2) is 0 Å². The van der Waals surface area contributed by atoms with E-state index in [0.29, 0.717) is 22.4 Å². The molecule has 31 heavy (non-hydrogen) atoms. The van der Waals surface area contributed by atoms with E-state index in [1.54, 1.807) is 7.11 Å². The van der Waals surface area contributed by atoms with Crippen molar-refractivity contribution in [1.29, 1.82) is 0 Å². The molecule has 3 nitrogen and oxygen atoms in total. The second-order valence-electron chi connectivity index (χ2n) is 10.7. The van der Waals surface area contributed by atoms with Crippen molar-refractivity contribution in [3.05, 3.63) is 47.2 Å². The van der Waals surface area contributed by atoms with E-state index in [0.717, 1.165) is 31.9 Å². The van der Waals surface area contributed by atoms with Crippen molar-refractivity contribution in [2.75, 3.05) is 7.11 Å². The molecule has 0 aliphatic heterocycles. The Morgan fingerprint density at radius 2 is 1.65 bits per heavy atom. The van der Waals surface area contributed by atoms with E-state index < -0.39 is 13.6 Å². The van der Waals surface area contributed by atoms with E-state index in [-0.39, 0.29) is 11.7 Å².